The number of aliphatic imine (C=N–C) groups is 1. The lowest BCUT2D eigenvalue weighted by atomic mass is 10.0. The lowest BCUT2D eigenvalue weighted by molar-refractivity contribution is 0.216. The van der Waals surface area contributed by atoms with Crippen LogP contribution < -0.4 is 15.4 Å². The molecule has 7 heteroatoms. The van der Waals surface area contributed by atoms with Crippen LogP contribution in [0.1, 0.15) is 26.7 Å². The monoisotopic (exact) mass is 490 g/mol. The highest BCUT2D eigenvalue weighted by Crippen LogP contribution is 2.14. The molecule has 0 spiro atoms. The van der Waals surface area contributed by atoms with Gasteiger partial charge in [-0.1, -0.05) is 18.2 Å². The van der Waals surface area contributed by atoms with Crippen LogP contribution in [0.5, 0.6) is 5.75 Å². The SMILES string of the molecule is C=C(C)CN1CCC(NC(=NC)NCC(C)Oc2cccc(F)c2)CC1.I. The summed E-state index contributed by atoms with van der Waals surface area (Å²) in [4.78, 5) is 6.73. The zero-order valence-electron chi connectivity index (χ0n) is 16.5. The van der Waals surface area contributed by atoms with Gasteiger partial charge >= 0.3 is 0 Å². The van der Waals surface area contributed by atoms with Gasteiger partial charge in [0.1, 0.15) is 17.7 Å². The van der Waals surface area contributed by atoms with E-state index in [9.17, 15) is 4.39 Å². The molecule has 1 fully saturated rings. The topological polar surface area (TPSA) is 48.9 Å². The van der Waals surface area contributed by atoms with Crippen molar-refractivity contribution in [1.82, 2.24) is 15.5 Å². The van der Waals surface area contributed by atoms with Gasteiger partial charge in [0.05, 0.1) is 6.54 Å². The molecule has 0 bridgehead atoms. The predicted molar refractivity (Wildman–Crippen MR) is 121 cm³/mol. The van der Waals surface area contributed by atoms with Crippen LogP contribution in [0, 0.1) is 5.82 Å². The van der Waals surface area contributed by atoms with E-state index in [1.807, 2.05) is 6.92 Å². The second-order valence-corrected chi connectivity index (χ2v) is 6.99. The number of guanidine groups is 1. The van der Waals surface area contributed by atoms with Crippen LogP contribution in [0.2, 0.25) is 0 Å². The molecule has 1 unspecified atom stereocenters. The number of hydrogen-bond donors (Lipinski definition) is 2. The smallest absolute Gasteiger partial charge is 0.191 e. The second kappa shape index (κ2) is 12.2. The van der Waals surface area contributed by atoms with Gasteiger partial charge in [-0.05, 0) is 38.8 Å². The molecule has 2 N–H and O–H groups in total. The minimum absolute atomic E-state index is 0. The van der Waals surface area contributed by atoms with Crippen LogP contribution in [0.4, 0.5) is 4.39 Å². The molecule has 1 saturated heterocycles. The molecule has 0 radical (unpaired) electrons. The molecule has 1 atom stereocenters. The quantitative estimate of drug-likeness (QED) is 0.266. The molecule has 2 rings (SSSR count). The van der Waals surface area contributed by atoms with E-state index in [0.29, 0.717) is 18.3 Å². The Morgan fingerprint density at radius 3 is 2.70 bits per heavy atom. The van der Waals surface area contributed by atoms with E-state index in [2.05, 4.69) is 34.0 Å². The van der Waals surface area contributed by atoms with Crippen LogP contribution in [0.25, 0.3) is 0 Å². The molecule has 1 aromatic carbocycles. The van der Waals surface area contributed by atoms with Crippen molar-refractivity contribution in [1.29, 1.82) is 0 Å². The van der Waals surface area contributed by atoms with E-state index in [4.69, 9.17) is 4.74 Å². The third kappa shape index (κ3) is 8.92. The number of nitrogens with zero attached hydrogens (tertiary/aromatic N) is 2. The van der Waals surface area contributed by atoms with Crippen molar-refractivity contribution in [3.63, 3.8) is 0 Å². The minimum Gasteiger partial charge on any atom is -0.489 e. The Morgan fingerprint density at radius 1 is 1.41 bits per heavy atom. The summed E-state index contributed by atoms with van der Waals surface area (Å²) in [6, 6.07) is 6.62. The fourth-order valence-electron chi connectivity index (χ4n) is 3.06. The molecule has 152 valence electrons. The van der Waals surface area contributed by atoms with Crippen molar-refractivity contribution in [2.45, 2.75) is 38.8 Å². The summed E-state index contributed by atoms with van der Waals surface area (Å²) in [6.45, 7) is 11.7. The third-order valence-corrected chi connectivity index (χ3v) is 4.34. The summed E-state index contributed by atoms with van der Waals surface area (Å²) >= 11 is 0. The van der Waals surface area contributed by atoms with Gasteiger partial charge in [-0.2, -0.15) is 0 Å². The molecule has 0 aromatic heterocycles. The van der Waals surface area contributed by atoms with E-state index in [0.717, 1.165) is 38.4 Å². The van der Waals surface area contributed by atoms with Gasteiger partial charge in [-0.25, -0.2) is 4.39 Å². The first-order valence-corrected chi connectivity index (χ1v) is 9.22. The Balaban J connectivity index is 0.00000364. The summed E-state index contributed by atoms with van der Waals surface area (Å²) in [7, 11) is 1.77. The molecule has 27 heavy (non-hydrogen) atoms. The van der Waals surface area contributed by atoms with Crippen molar-refractivity contribution < 1.29 is 9.13 Å². The van der Waals surface area contributed by atoms with E-state index < -0.39 is 0 Å². The number of nitrogens with one attached hydrogen (secondary N) is 2. The first-order chi connectivity index (χ1) is 12.5. The van der Waals surface area contributed by atoms with E-state index in [1.54, 1.807) is 19.2 Å². The first-order valence-electron chi connectivity index (χ1n) is 9.22. The fourth-order valence-corrected chi connectivity index (χ4v) is 3.06. The Kier molecular flexibility index (Phi) is 10.7. The van der Waals surface area contributed by atoms with Crippen LogP contribution in [-0.4, -0.2) is 56.2 Å². The van der Waals surface area contributed by atoms with Crippen molar-refractivity contribution in [3.8, 4) is 5.75 Å². The molecular formula is C20H32FIN4O. The van der Waals surface area contributed by atoms with E-state index in [-0.39, 0.29) is 35.9 Å². The number of halogens is 2. The average Bonchev–Trinajstić information content (AvgIpc) is 2.59. The van der Waals surface area contributed by atoms with Gasteiger partial charge in [0.25, 0.3) is 0 Å². The lowest BCUT2D eigenvalue weighted by Gasteiger charge is -2.33. The molecule has 1 heterocycles. The van der Waals surface area contributed by atoms with Crippen LogP contribution in [-0.2, 0) is 0 Å². The molecule has 0 aliphatic carbocycles. The highest BCUT2D eigenvalue weighted by atomic mass is 127. The maximum atomic E-state index is 13.2. The Labute approximate surface area is 179 Å². The van der Waals surface area contributed by atoms with Gasteiger partial charge in [-0.15, -0.1) is 24.0 Å². The maximum Gasteiger partial charge on any atom is 0.191 e. The summed E-state index contributed by atoms with van der Waals surface area (Å²) in [5.74, 6) is 1.02. The van der Waals surface area contributed by atoms with Gasteiger partial charge in [-0.3, -0.25) is 9.89 Å². The fraction of sp³-hybridized carbons (Fsp3) is 0.550. The number of ether oxygens (including phenoxy) is 1. The first kappa shape index (κ1) is 23.7. The molecular weight excluding hydrogens is 458 g/mol. The minimum atomic E-state index is -0.293. The van der Waals surface area contributed by atoms with Gasteiger partial charge in [0.2, 0.25) is 0 Å². The van der Waals surface area contributed by atoms with Crippen molar-refractivity contribution in [2.24, 2.45) is 4.99 Å². The highest BCUT2D eigenvalue weighted by molar-refractivity contribution is 14.0. The number of rotatable bonds is 7. The summed E-state index contributed by atoms with van der Waals surface area (Å²) in [5, 5.41) is 6.77. The Morgan fingerprint density at radius 2 is 2.11 bits per heavy atom. The predicted octanol–water partition coefficient (Wildman–Crippen LogP) is 3.42. The highest BCUT2D eigenvalue weighted by Gasteiger charge is 2.20. The van der Waals surface area contributed by atoms with Gasteiger partial charge < -0.3 is 15.4 Å². The van der Waals surface area contributed by atoms with Crippen LogP contribution in [0.3, 0.4) is 0 Å². The third-order valence-electron chi connectivity index (χ3n) is 4.34. The zero-order valence-corrected chi connectivity index (χ0v) is 18.8. The molecule has 1 aliphatic heterocycles. The van der Waals surface area contributed by atoms with Crippen LogP contribution >= 0.6 is 24.0 Å². The molecule has 1 aliphatic rings. The Bertz CT molecular complexity index is 618. The van der Waals surface area contributed by atoms with Gasteiger partial charge in [0.15, 0.2) is 5.96 Å². The summed E-state index contributed by atoms with van der Waals surface area (Å²) in [6.07, 6.45) is 2.07. The van der Waals surface area contributed by atoms with E-state index in [1.165, 1.54) is 17.7 Å². The molecule has 0 saturated carbocycles. The maximum absolute atomic E-state index is 13.2. The molecule has 1 aromatic rings. The molecule has 5 nitrogen and oxygen atoms in total. The van der Waals surface area contributed by atoms with Crippen molar-refractivity contribution in [2.75, 3.05) is 33.2 Å². The second-order valence-electron chi connectivity index (χ2n) is 6.99. The van der Waals surface area contributed by atoms with Gasteiger partial charge in [0, 0.05) is 38.8 Å². The van der Waals surface area contributed by atoms with Crippen molar-refractivity contribution in [3.05, 3.63) is 42.2 Å². The average molecular weight is 490 g/mol. The van der Waals surface area contributed by atoms with Crippen LogP contribution in [0.15, 0.2) is 41.4 Å². The largest absolute Gasteiger partial charge is 0.489 e. The summed E-state index contributed by atoms with van der Waals surface area (Å²) < 4.78 is 18.9. The van der Waals surface area contributed by atoms with Crippen molar-refractivity contribution >= 4 is 29.9 Å². The molecule has 0 amide bonds. The normalized spacial score (nSPS) is 17.0. The van der Waals surface area contributed by atoms with E-state index >= 15 is 0 Å². The number of benzene rings is 1. The lowest BCUT2D eigenvalue weighted by Crippen LogP contribution is -2.50. The number of likely N-dealkylation sites (tertiary alicyclic amines) is 1. The number of piperidine rings is 1. The zero-order chi connectivity index (χ0) is 18.9. The Hall–Kier alpha value is -1.35. The number of hydrogen-bond acceptors (Lipinski definition) is 3. The standard InChI is InChI=1S/C20H31FN4O.HI/c1-15(2)14-25-10-8-18(9-11-25)24-20(22-4)23-13-16(3)26-19-7-5-6-17(21)12-19;/h5-7,12,16,18H,1,8-11,13-14H2,2-4H3,(H2,22,23,24);1H. The summed E-state index contributed by atoms with van der Waals surface area (Å²) in [5.41, 5.74) is 1.21.